The van der Waals surface area contributed by atoms with Crippen LogP contribution in [0, 0.1) is 5.82 Å². The normalized spacial score (nSPS) is 23.3. The summed E-state index contributed by atoms with van der Waals surface area (Å²) < 4.78 is 13.0. The van der Waals surface area contributed by atoms with E-state index in [0.29, 0.717) is 18.5 Å². The summed E-state index contributed by atoms with van der Waals surface area (Å²) in [6, 6.07) is 13.8. The summed E-state index contributed by atoms with van der Waals surface area (Å²) in [4.78, 5) is 19.2. The first-order chi connectivity index (χ1) is 14.1. The smallest absolute Gasteiger partial charge is 0.246 e. The van der Waals surface area contributed by atoms with E-state index >= 15 is 0 Å². The number of piperidine rings is 1. The van der Waals surface area contributed by atoms with Gasteiger partial charge in [0.1, 0.15) is 5.82 Å². The summed E-state index contributed by atoms with van der Waals surface area (Å²) in [6.07, 6.45) is 4.41. The van der Waals surface area contributed by atoms with E-state index in [-0.39, 0.29) is 11.7 Å². The first-order valence-corrected chi connectivity index (χ1v) is 10.7. The van der Waals surface area contributed by atoms with E-state index in [1.54, 1.807) is 12.1 Å². The number of para-hydroxylation sites is 1. The van der Waals surface area contributed by atoms with Gasteiger partial charge in [0.05, 0.1) is 17.9 Å². The van der Waals surface area contributed by atoms with E-state index in [2.05, 4.69) is 28.0 Å². The zero-order valence-corrected chi connectivity index (χ0v) is 17.0. The molecule has 5 heteroatoms. The van der Waals surface area contributed by atoms with Crippen LogP contribution in [0.3, 0.4) is 0 Å². The summed E-state index contributed by atoms with van der Waals surface area (Å²) in [5, 5.41) is 0. The minimum Gasteiger partial charge on any atom is -0.357 e. The van der Waals surface area contributed by atoms with Gasteiger partial charge in [0.25, 0.3) is 0 Å². The molecule has 3 heterocycles. The highest BCUT2D eigenvalue weighted by Gasteiger charge is 2.46. The van der Waals surface area contributed by atoms with Crippen molar-refractivity contribution >= 4 is 17.3 Å². The van der Waals surface area contributed by atoms with Gasteiger partial charge in [0.15, 0.2) is 0 Å². The number of aryl methyl sites for hydroxylation is 1. The lowest BCUT2D eigenvalue weighted by molar-refractivity contribution is -0.117. The van der Waals surface area contributed by atoms with Crippen molar-refractivity contribution < 1.29 is 9.18 Å². The molecule has 3 aliphatic rings. The molecule has 2 aromatic rings. The van der Waals surface area contributed by atoms with Gasteiger partial charge in [0, 0.05) is 32.1 Å². The number of carbonyl (C=O) groups is 1. The number of anilines is 2. The van der Waals surface area contributed by atoms with Crippen molar-refractivity contribution in [2.24, 2.45) is 0 Å². The molecule has 1 fully saturated rings. The predicted octanol–water partition coefficient (Wildman–Crippen LogP) is 3.80. The van der Waals surface area contributed by atoms with Gasteiger partial charge in [-0.15, -0.1) is 0 Å². The Labute approximate surface area is 171 Å². The molecule has 0 radical (unpaired) electrons. The molecule has 0 bridgehead atoms. The number of fused-ring (bicyclic) bond motifs is 3. The SMILES string of the molecule is CN1C(=O)CN2c3c(cccc31)C1CN(CCCCc3ccc(F)cc3)CCC12. The van der Waals surface area contributed by atoms with E-state index in [0.717, 1.165) is 51.0 Å². The molecule has 3 aliphatic heterocycles. The third kappa shape index (κ3) is 3.31. The molecule has 2 aromatic carbocycles. The Morgan fingerprint density at radius 1 is 1.10 bits per heavy atom. The molecule has 4 nitrogen and oxygen atoms in total. The fourth-order valence-electron chi connectivity index (χ4n) is 5.38. The van der Waals surface area contributed by atoms with Gasteiger partial charge in [-0.05, 0) is 61.6 Å². The maximum atomic E-state index is 13.0. The average molecular weight is 394 g/mol. The molecule has 0 aromatic heterocycles. The fourth-order valence-corrected chi connectivity index (χ4v) is 5.38. The monoisotopic (exact) mass is 393 g/mol. The molecular weight excluding hydrogens is 365 g/mol. The second-order valence-electron chi connectivity index (χ2n) is 8.64. The predicted molar refractivity (Wildman–Crippen MR) is 114 cm³/mol. The number of hydrogen-bond acceptors (Lipinski definition) is 3. The van der Waals surface area contributed by atoms with Gasteiger partial charge < -0.3 is 14.7 Å². The van der Waals surface area contributed by atoms with Crippen molar-refractivity contribution in [2.45, 2.75) is 37.6 Å². The number of hydrogen-bond donors (Lipinski definition) is 0. The third-order valence-electron chi connectivity index (χ3n) is 6.94. The molecule has 0 saturated carbocycles. The van der Waals surface area contributed by atoms with Gasteiger partial charge >= 0.3 is 0 Å². The standard InChI is InChI=1S/C24H28FN3O/c1-26-22-7-4-6-19-20-15-27(13-3-2-5-17-8-10-18(25)11-9-17)14-12-21(20)28(24(19)22)16-23(26)29/h4,6-11,20-21H,2-3,5,12-16H2,1H3. The highest BCUT2D eigenvalue weighted by molar-refractivity contribution is 6.04. The Morgan fingerprint density at radius 2 is 1.93 bits per heavy atom. The summed E-state index contributed by atoms with van der Waals surface area (Å²) >= 11 is 0. The maximum absolute atomic E-state index is 13.0. The van der Waals surface area contributed by atoms with Crippen LogP contribution in [0.1, 0.15) is 36.3 Å². The second kappa shape index (κ2) is 7.45. The quantitative estimate of drug-likeness (QED) is 0.723. The van der Waals surface area contributed by atoms with Crippen LogP contribution in [0.25, 0.3) is 0 Å². The lowest BCUT2D eigenvalue weighted by Gasteiger charge is -2.41. The van der Waals surface area contributed by atoms with Crippen molar-refractivity contribution in [1.29, 1.82) is 0 Å². The number of unbranched alkanes of at least 4 members (excludes halogenated alkanes) is 1. The molecule has 1 saturated heterocycles. The number of likely N-dealkylation sites (tertiary alicyclic amines) is 1. The Balaban J connectivity index is 1.22. The summed E-state index contributed by atoms with van der Waals surface area (Å²) in [5.41, 5.74) is 5.00. The zero-order valence-electron chi connectivity index (χ0n) is 17.0. The van der Waals surface area contributed by atoms with Gasteiger partial charge in [-0.1, -0.05) is 24.3 Å². The second-order valence-corrected chi connectivity index (χ2v) is 8.64. The molecule has 0 aliphatic carbocycles. The largest absolute Gasteiger partial charge is 0.357 e. The topological polar surface area (TPSA) is 26.8 Å². The number of nitrogens with zero attached hydrogens (tertiary/aromatic N) is 3. The number of amides is 1. The number of rotatable bonds is 5. The molecule has 0 N–H and O–H groups in total. The molecule has 152 valence electrons. The fraction of sp³-hybridized carbons (Fsp3) is 0.458. The van der Waals surface area contributed by atoms with Crippen LogP contribution in [0.2, 0.25) is 0 Å². The molecule has 1 amide bonds. The number of likely N-dealkylation sites (N-methyl/N-ethyl adjacent to an activating group) is 1. The number of carbonyl (C=O) groups excluding carboxylic acids is 1. The van der Waals surface area contributed by atoms with E-state index < -0.39 is 0 Å². The van der Waals surface area contributed by atoms with Crippen molar-refractivity contribution in [3.63, 3.8) is 0 Å². The van der Waals surface area contributed by atoms with E-state index in [1.165, 1.54) is 16.8 Å². The number of halogens is 1. The van der Waals surface area contributed by atoms with Gasteiger partial charge in [0.2, 0.25) is 5.91 Å². The van der Waals surface area contributed by atoms with Crippen LogP contribution in [0.15, 0.2) is 42.5 Å². The lowest BCUT2D eigenvalue weighted by atomic mass is 9.89. The molecule has 29 heavy (non-hydrogen) atoms. The minimum atomic E-state index is -0.164. The lowest BCUT2D eigenvalue weighted by Crippen LogP contribution is -2.51. The van der Waals surface area contributed by atoms with Gasteiger partial charge in [-0.2, -0.15) is 0 Å². The summed E-state index contributed by atoms with van der Waals surface area (Å²) in [5.74, 6) is 0.524. The zero-order chi connectivity index (χ0) is 20.0. The van der Waals surface area contributed by atoms with Crippen LogP contribution in [-0.4, -0.2) is 50.1 Å². The van der Waals surface area contributed by atoms with Crippen LogP contribution in [0.5, 0.6) is 0 Å². The van der Waals surface area contributed by atoms with Gasteiger partial charge in [-0.25, -0.2) is 4.39 Å². The van der Waals surface area contributed by atoms with Crippen molar-refractivity contribution in [3.05, 3.63) is 59.4 Å². The summed E-state index contributed by atoms with van der Waals surface area (Å²) in [7, 11) is 1.89. The highest BCUT2D eigenvalue weighted by Crippen LogP contribution is 2.50. The van der Waals surface area contributed by atoms with Crippen molar-refractivity contribution in [2.75, 3.05) is 43.0 Å². The van der Waals surface area contributed by atoms with E-state index in [4.69, 9.17) is 0 Å². The van der Waals surface area contributed by atoms with E-state index in [1.807, 2.05) is 24.1 Å². The van der Waals surface area contributed by atoms with Crippen LogP contribution in [-0.2, 0) is 11.2 Å². The Kier molecular flexibility index (Phi) is 4.78. The van der Waals surface area contributed by atoms with Crippen molar-refractivity contribution in [3.8, 4) is 0 Å². The molecular formula is C24H28FN3O. The first-order valence-electron chi connectivity index (χ1n) is 10.7. The van der Waals surface area contributed by atoms with Crippen LogP contribution in [0.4, 0.5) is 15.8 Å². The van der Waals surface area contributed by atoms with E-state index in [9.17, 15) is 9.18 Å². The Morgan fingerprint density at radius 3 is 2.76 bits per heavy atom. The molecule has 2 unspecified atom stereocenters. The van der Waals surface area contributed by atoms with Gasteiger partial charge in [-0.3, -0.25) is 4.79 Å². The Bertz CT molecular complexity index is 913. The Hall–Kier alpha value is -2.40. The third-order valence-corrected chi connectivity index (χ3v) is 6.94. The molecule has 5 rings (SSSR count). The van der Waals surface area contributed by atoms with Crippen molar-refractivity contribution in [1.82, 2.24) is 4.90 Å². The highest BCUT2D eigenvalue weighted by atomic mass is 19.1. The molecule has 2 atom stereocenters. The summed E-state index contributed by atoms with van der Waals surface area (Å²) in [6.45, 7) is 3.80. The first kappa shape index (κ1) is 18.6. The van der Waals surface area contributed by atoms with Crippen LogP contribution < -0.4 is 9.80 Å². The minimum absolute atomic E-state index is 0.164. The maximum Gasteiger partial charge on any atom is 0.246 e. The molecule has 0 spiro atoms. The number of benzene rings is 2. The van der Waals surface area contributed by atoms with Crippen LogP contribution >= 0.6 is 0 Å². The average Bonchev–Trinajstić information content (AvgIpc) is 3.05.